The lowest BCUT2D eigenvalue weighted by atomic mass is 9.93. The van der Waals surface area contributed by atoms with Gasteiger partial charge in [-0.25, -0.2) is 4.39 Å². The summed E-state index contributed by atoms with van der Waals surface area (Å²) >= 11 is 4.42. The Morgan fingerprint density at radius 2 is 1.65 bits per heavy atom. The van der Waals surface area contributed by atoms with Crippen LogP contribution in [0.15, 0.2) is 23.4 Å². The summed E-state index contributed by atoms with van der Waals surface area (Å²) in [6, 6.07) is 0. The van der Waals surface area contributed by atoms with E-state index in [1.54, 1.807) is 13.8 Å². The molecule has 1 nitrogen and oxygen atoms in total. The van der Waals surface area contributed by atoms with Crippen LogP contribution in [0.25, 0.3) is 0 Å². The molecular formula is C13H15BrF7NS. The fourth-order valence-corrected chi connectivity index (χ4v) is 3.96. The molecule has 134 valence electrons. The van der Waals surface area contributed by atoms with Crippen LogP contribution in [0.4, 0.5) is 30.7 Å². The van der Waals surface area contributed by atoms with Crippen LogP contribution in [0, 0.1) is 0 Å². The summed E-state index contributed by atoms with van der Waals surface area (Å²) in [5, 5.41) is 1.62. The highest BCUT2D eigenvalue weighted by molar-refractivity contribution is 9.10. The van der Waals surface area contributed by atoms with Crippen LogP contribution in [-0.4, -0.2) is 33.5 Å². The zero-order valence-electron chi connectivity index (χ0n) is 12.4. The molecule has 2 unspecified atom stereocenters. The van der Waals surface area contributed by atoms with Crippen LogP contribution in [0.3, 0.4) is 0 Å². The number of allylic oxidation sites excluding steroid dienone is 3. The van der Waals surface area contributed by atoms with Gasteiger partial charge in [0.2, 0.25) is 0 Å². The van der Waals surface area contributed by atoms with Crippen LogP contribution in [0.1, 0.15) is 20.8 Å². The van der Waals surface area contributed by atoms with E-state index < -0.39 is 33.4 Å². The van der Waals surface area contributed by atoms with E-state index in [9.17, 15) is 30.7 Å². The fourth-order valence-electron chi connectivity index (χ4n) is 2.12. The second kappa shape index (κ2) is 6.50. The summed E-state index contributed by atoms with van der Waals surface area (Å²) < 4.78 is 90.2. The molecule has 0 aromatic carbocycles. The van der Waals surface area contributed by atoms with Gasteiger partial charge in [-0.1, -0.05) is 28.4 Å². The molecule has 0 spiro atoms. The number of thioether (sulfide) groups is 1. The highest BCUT2D eigenvalue weighted by atomic mass is 79.9. The van der Waals surface area contributed by atoms with Gasteiger partial charge >= 0.3 is 18.0 Å². The number of dihydropyridines is 1. The summed E-state index contributed by atoms with van der Waals surface area (Å²) in [7, 11) is 0. The maximum Gasteiger partial charge on any atom is 0.437 e. The number of alkyl halides is 8. The van der Waals surface area contributed by atoms with Gasteiger partial charge in [0.05, 0.1) is 5.70 Å². The third-order valence-corrected chi connectivity index (χ3v) is 5.92. The molecule has 1 aliphatic rings. The van der Waals surface area contributed by atoms with Gasteiger partial charge in [-0.2, -0.15) is 38.1 Å². The first kappa shape index (κ1) is 20.7. The summed E-state index contributed by atoms with van der Waals surface area (Å²) in [5.74, 6) is 0.585. The van der Waals surface area contributed by atoms with Gasteiger partial charge in [-0.05, 0) is 31.8 Å². The molecule has 0 fully saturated rings. The summed E-state index contributed by atoms with van der Waals surface area (Å²) in [6.07, 6.45) is -10.3. The number of hydrogen-bond acceptors (Lipinski definition) is 2. The number of rotatable bonds is 4. The average molecular weight is 430 g/mol. The number of halogens is 8. The maximum atomic E-state index is 14.2. The van der Waals surface area contributed by atoms with Crippen molar-refractivity contribution in [3.8, 4) is 0 Å². The molecule has 23 heavy (non-hydrogen) atoms. The van der Waals surface area contributed by atoms with E-state index in [1.165, 1.54) is 24.8 Å². The van der Waals surface area contributed by atoms with Crippen molar-refractivity contribution >= 4 is 27.7 Å². The Balaban J connectivity index is 3.39. The van der Waals surface area contributed by atoms with Crippen LogP contribution in [-0.2, 0) is 0 Å². The third kappa shape index (κ3) is 3.83. The molecule has 0 saturated carbocycles. The van der Waals surface area contributed by atoms with Gasteiger partial charge in [0.15, 0.2) is 0 Å². The molecule has 1 heterocycles. The lowest BCUT2D eigenvalue weighted by molar-refractivity contribution is -0.328. The molecule has 0 aromatic heterocycles. The molecule has 0 radical (unpaired) electrons. The van der Waals surface area contributed by atoms with Gasteiger partial charge < -0.3 is 5.32 Å². The highest BCUT2D eigenvalue weighted by Crippen LogP contribution is 2.52. The first-order valence-corrected chi connectivity index (χ1v) is 8.36. The Kier molecular flexibility index (Phi) is 5.84. The van der Waals surface area contributed by atoms with Crippen molar-refractivity contribution in [3.05, 3.63) is 23.4 Å². The molecule has 1 rings (SSSR count). The molecule has 10 heteroatoms. The van der Waals surface area contributed by atoms with Crippen molar-refractivity contribution < 1.29 is 30.7 Å². The molecule has 0 amide bonds. The molecule has 0 aromatic rings. The first-order valence-electron chi connectivity index (χ1n) is 6.51. The maximum absolute atomic E-state index is 14.2. The minimum atomic E-state index is -6.14. The predicted octanol–water partition coefficient (Wildman–Crippen LogP) is 5.49. The number of hydrogen-bond donors (Lipinski definition) is 1. The van der Waals surface area contributed by atoms with E-state index in [0.717, 1.165) is 0 Å². The largest absolute Gasteiger partial charge is 0.437 e. The van der Waals surface area contributed by atoms with Crippen molar-refractivity contribution in [2.45, 2.75) is 48.5 Å². The van der Waals surface area contributed by atoms with Gasteiger partial charge in [0.25, 0.3) is 0 Å². The first-order chi connectivity index (χ1) is 10.2. The Morgan fingerprint density at radius 1 is 1.17 bits per heavy atom. The zero-order valence-corrected chi connectivity index (χ0v) is 14.8. The van der Waals surface area contributed by atoms with E-state index in [-0.39, 0.29) is 5.57 Å². The third-order valence-electron chi connectivity index (χ3n) is 3.30. The fraction of sp³-hybridized carbons (Fsp3) is 0.692. The monoisotopic (exact) mass is 429 g/mol. The van der Waals surface area contributed by atoms with E-state index in [0.29, 0.717) is 11.8 Å². The van der Waals surface area contributed by atoms with E-state index in [2.05, 4.69) is 21.2 Å². The average Bonchev–Trinajstić information content (AvgIpc) is 2.34. The van der Waals surface area contributed by atoms with Gasteiger partial charge in [-0.15, -0.1) is 0 Å². The predicted molar refractivity (Wildman–Crippen MR) is 80.2 cm³/mol. The summed E-state index contributed by atoms with van der Waals surface area (Å²) in [6.45, 7) is 4.72. The SMILES string of the molecule is CCSC(C)C1(Br)C=C(C)C=C(C(F)(C(F)(F)F)C(F)(F)F)N1. The van der Waals surface area contributed by atoms with E-state index >= 15 is 0 Å². The number of nitrogens with one attached hydrogen (secondary N) is 1. The normalized spacial score (nSPS) is 24.7. The van der Waals surface area contributed by atoms with Crippen molar-refractivity contribution in [2.75, 3.05) is 5.75 Å². The molecule has 1 aliphatic heterocycles. The van der Waals surface area contributed by atoms with Crippen molar-refractivity contribution in [1.29, 1.82) is 0 Å². The van der Waals surface area contributed by atoms with Gasteiger partial charge in [-0.3, -0.25) is 0 Å². The van der Waals surface area contributed by atoms with Gasteiger partial charge in [0.1, 0.15) is 4.45 Å². The molecular weight excluding hydrogens is 415 g/mol. The molecule has 0 aliphatic carbocycles. The Morgan fingerprint density at radius 3 is 2.04 bits per heavy atom. The highest BCUT2D eigenvalue weighted by Gasteiger charge is 2.75. The quantitative estimate of drug-likeness (QED) is 0.360. The minimum absolute atomic E-state index is 0.0923. The standard InChI is InChI=1S/C13H15BrF7NS/c1-4-23-8(3)10(14)6-7(2)5-9(22-10)11(15,12(16,17)18)13(19,20)21/h5-6,8,22H,4H2,1-3H3. The van der Waals surface area contributed by atoms with E-state index in [4.69, 9.17) is 0 Å². The smallest absolute Gasteiger partial charge is 0.366 e. The minimum Gasteiger partial charge on any atom is -0.366 e. The lowest BCUT2D eigenvalue weighted by Crippen LogP contribution is -2.61. The lowest BCUT2D eigenvalue weighted by Gasteiger charge is -2.41. The van der Waals surface area contributed by atoms with Crippen LogP contribution in [0.2, 0.25) is 0 Å². The van der Waals surface area contributed by atoms with Gasteiger partial charge in [0, 0.05) is 5.25 Å². The van der Waals surface area contributed by atoms with Crippen LogP contribution in [0.5, 0.6) is 0 Å². The second-order valence-electron chi connectivity index (χ2n) is 5.09. The van der Waals surface area contributed by atoms with Crippen molar-refractivity contribution in [2.24, 2.45) is 0 Å². The van der Waals surface area contributed by atoms with Crippen LogP contribution < -0.4 is 5.32 Å². The second-order valence-corrected chi connectivity index (χ2v) is 8.02. The van der Waals surface area contributed by atoms with Crippen molar-refractivity contribution in [3.63, 3.8) is 0 Å². The Bertz CT molecular complexity index is 497. The van der Waals surface area contributed by atoms with Crippen LogP contribution >= 0.6 is 27.7 Å². The molecule has 0 saturated heterocycles. The topological polar surface area (TPSA) is 12.0 Å². The van der Waals surface area contributed by atoms with Crippen molar-refractivity contribution in [1.82, 2.24) is 5.32 Å². The molecule has 1 N–H and O–H groups in total. The molecule has 2 atom stereocenters. The zero-order chi connectivity index (χ0) is 18.3. The summed E-state index contributed by atoms with van der Waals surface area (Å²) in [4.78, 5) is 0. The molecule has 0 bridgehead atoms. The Labute approximate surface area is 141 Å². The van der Waals surface area contributed by atoms with E-state index in [1.807, 2.05) is 0 Å². The summed E-state index contributed by atoms with van der Waals surface area (Å²) in [5.41, 5.74) is -6.95. The Hall–Kier alpha value is -0.380.